The van der Waals surface area contributed by atoms with E-state index < -0.39 is 72.7 Å². The van der Waals surface area contributed by atoms with E-state index in [4.69, 9.17) is 15.7 Å². The summed E-state index contributed by atoms with van der Waals surface area (Å²) in [6.07, 6.45) is -13.5. The predicted molar refractivity (Wildman–Crippen MR) is 80.5 cm³/mol. The van der Waals surface area contributed by atoms with Gasteiger partial charge in [0.1, 0.15) is 18.3 Å². The van der Waals surface area contributed by atoms with Crippen molar-refractivity contribution in [2.75, 3.05) is 6.61 Å². The number of carboxylic acids is 1. The maximum Gasteiger partial charge on any atom is 0.460 e. The van der Waals surface area contributed by atoms with Gasteiger partial charge in [0.2, 0.25) is 5.76 Å². The Hall–Kier alpha value is -2.82. The quantitative estimate of drug-likeness (QED) is 0.144. The van der Waals surface area contributed by atoms with E-state index in [-0.39, 0.29) is 0 Å². The van der Waals surface area contributed by atoms with Crippen LogP contribution >= 0.6 is 0 Å². The van der Waals surface area contributed by atoms with Crippen LogP contribution in [0.3, 0.4) is 0 Å². The molecule has 0 saturated carbocycles. The zero-order valence-corrected chi connectivity index (χ0v) is 14.7. The Morgan fingerprint density at radius 3 is 2.19 bits per heavy atom. The largest absolute Gasteiger partial charge is 0.478 e. The third kappa shape index (κ3) is 5.09. The summed E-state index contributed by atoms with van der Waals surface area (Å²) in [6, 6.07) is -4.45. The molecule has 11 nitrogen and oxygen atoms in total. The molecule has 0 bridgehead atoms. The minimum atomic E-state index is -6.86. The average Bonchev–Trinajstić information content (AvgIpc) is 2.66. The molecule has 5 N–H and O–H groups in total. The van der Waals surface area contributed by atoms with Crippen LogP contribution in [0.4, 0.5) is 30.7 Å². The maximum absolute atomic E-state index is 13.6. The smallest absolute Gasteiger partial charge is 0.460 e. The number of nitrogens with zero attached hydrogens (tertiary/aromatic N) is 3. The summed E-state index contributed by atoms with van der Waals surface area (Å²) >= 11 is 0. The van der Waals surface area contributed by atoms with Gasteiger partial charge in [0, 0.05) is 4.91 Å². The van der Waals surface area contributed by atoms with Gasteiger partial charge in [0.15, 0.2) is 0 Å². The normalized spacial score (nSPS) is 24.2. The second-order valence-electron chi connectivity index (χ2n) is 6.00. The number of aliphatic hydroxyl groups excluding tert-OH is 3. The van der Waals surface area contributed by atoms with Crippen molar-refractivity contribution in [3.8, 4) is 0 Å². The van der Waals surface area contributed by atoms with E-state index >= 15 is 0 Å². The van der Waals surface area contributed by atoms with Crippen LogP contribution < -0.4 is 5.32 Å². The molecule has 0 aromatic rings. The molecule has 1 aliphatic heterocycles. The van der Waals surface area contributed by atoms with Crippen LogP contribution in [0.5, 0.6) is 0 Å². The molecule has 1 heterocycles. The third-order valence-corrected chi connectivity index (χ3v) is 3.95. The van der Waals surface area contributed by atoms with Crippen LogP contribution in [-0.2, 0) is 14.3 Å². The van der Waals surface area contributed by atoms with Crippen molar-refractivity contribution in [2.45, 2.75) is 48.4 Å². The first-order valence-electron chi connectivity index (χ1n) is 7.79. The highest BCUT2D eigenvalue weighted by atomic mass is 19.4. The van der Waals surface area contributed by atoms with Crippen LogP contribution in [0.2, 0.25) is 0 Å². The summed E-state index contributed by atoms with van der Waals surface area (Å²) in [5, 5.41) is 41.1. The van der Waals surface area contributed by atoms with E-state index in [1.54, 1.807) is 0 Å². The summed E-state index contributed by atoms with van der Waals surface area (Å²) in [7, 11) is 0. The first-order valence-corrected chi connectivity index (χ1v) is 7.79. The number of azide groups is 1. The number of ether oxygens (including phenoxy) is 1. The molecule has 0 radical (unpaired) electrons. The molecule has 0 saturated heterocycles. The number of alkyl halides is 7. The van der Waals surface area contributed by atoms with Crippen molar-refractivity contribution < 1.29 is 65.5 Å². The van der Waals surface area contributed by atoms with Gasteiger partial charge in [-0.25, -0.2) is 4.79 Å². The maximum atomic E-state index is 13.6. The minimum absolute atomic E-state index is 0.377. The number of amides is 1. The molecule has 18 heteroatoms. The van der Waals surface area contributed by atoms with E-state index in [1.165, 1.54) is 0 Å². The SMILES string of the molecule is [N-]=[N+]=NC1C=C(C(=O)O)O[C@@H]([C@H](O)[C@H](O)CO)[C@@H]1NC(=O)C(F)(F)C(F)(F)C(F)(F)F. The fourth-order valence-electron chi connectivity index (χ4n) is 2.34. The van der Waals surface area contributed by atoms with Gasteiger partial charge < -0.3 is 30.5 Å². The Morgan fingerprint density at radius 1 is 1.23 bits per heavy atom. The standard InChI is InChI=1S/C13H13F7N4O7/c14-11(15,12(16,17)13(18,19)20)10(30)22-6-3(23-24-21)1-5(9(28)29)31-8(6)7(27)4(26)2-25/h1,3-4,6-8,25-27H,2H2,(H,22,30)(H,28,29)/t3?,4-,6-,7-,8-/m1/s1. The van der Waals surface area contributed by atoms with Crippen molar-refractivity contribution >= 4 is 11.9 Å². The number of nitrogens with one attached hydrogen (secondary N) is 1. The molecule has 31 heavy (non-hydrogen) atoms. The fraction of sp³-hybridized carbons (Fsp3) is 0.692. The number of hydrogen-bond donors (Lipinski definition) is 5. The molecule has 5 atom stereocenters. The fourth-order valence-corrected chi connectivity index (χ4v) is 2.34. The molecule has 1 aliphatic rings. The Balaban J connectivity index is 3.45. The van der Waals surface area contributed by atoms with Crippen LogP contribution in [-0.4, -0.2) is 87.3 Å². The van der Waals surface area contributed by atoms with E-state index in [1.807, 2.05) is 0 Å². The molecule has 176 valence electrons. The Morgan fingerprint density at radius 2 is 1.77 bits per heavy atom. The van der Waals surface area contributed by atoms with Crippen molar-refractivity contribution in [2.24, 2.45) is 5.11 Å². The zero-order chi connectivity index (χ0) is 24.4. The molecule has 0 aromatic heterocycles. The molecule has 1 rings (SSSR count). The summed E-state index contributed by atoms with van der Waals surface area (Å²) in [5.74, 6) is -19.5. The molecule has 1 unspecified atom stereocenters. The summed E-state index contributed by atoms with van der Waals surface area (Å²) in [4.78, 5) is 24.9. The van der Waals surface area contributed by atoms with Crippen LogP contribution in [0.15, 0.2) is 16.9 Å². The number of carbonyl (C=O) groups excluding carboxylic acids is 1. The second kappa shape index (κ2) is 9.13. The summed E-state index contributed by atoms with van der Waals surface area (Å²) in [6.45, 7) is -1.25. The Kier molecular flexibility index (Phi) is 7.72. The van der Waals surface area contributed by atoms with Crippen molar-refractivity contribution in [1.82, 2.24) is 5.32 Å². The van der Waals surface area contributed by atoms with Gasteiger partial charge in [-0.3, -0.25) is 4.79 Å². The number of carboxylic acid groups (broad SMARTS) is 1. The van der Waals surface area contributed by atoms with Gasteiger partial charge in [-0.1, -0.05) is 5.11 Å². The highest BCUT2D eigenvalue weighted by Gasteiger charge is 2.76. The molecular formula is C13H13F7N4O7. The number of rotatable bonds is 8. The minimum Gasteiger partial charge on any atom is -0.478 e. The van der Waals surface area contributed by atoms with Gasteiger partial charge in [-0.05, 0) is 11.6 Å². The lowest BCUT2D eigenvalue weighted by molar-refractivity contribution is -0.344. The lowest BCUT2D eigenvalue weighted by Crippen LogP contribution is -2.65. The molecule has 0 spiro atoms. The van der Waals surface area contributed by atoms with E-state index in [0.29, 0.717) is 6.08 Å². The van der Waals surface area contributed by atoms with E-state index in [9.17, 15) is 50.5 Å². The molecule has 0 fully saturated rings. The van der Waals surface area contributed by atoms with E-state index in [2.05, 4.69) is 14.8 Å². The Bertz CT molecular complexity index is 785. The summed E-state index contributed by atoms with van der Waals surface area (Å²) in [5.41, 5.74) is 8.53. The molecule has 1 amide bonds. The second-order valence-corrected chi connectivity index (χ2v) is 6.00. The molecular weight excluding hydrogens is 457 g/mol. The van der Waals surface area contributed by atoms with Crippen LogP contribution in [0, 0.1) is 0 Å². The lowest BCUT2D eigenvalue weighted by atomic mass is 9.92. The van der Waals surface area contributed by atoms with Crippen LogP contribution in [0.25, 0.3) is 10.4 Å². The zero-order valence-electron chi connectivity index (χ0n) is 14.7. The van der Waals surface area contributed by atoms with E-state index in [0.717, 1.165) is 5.32 Å². The molecule has 0 aromatic carbocycles. The van der Waals surface area contributed by atoms with Gasteiger partial charge in [-0.15, -0.1) is 0 Å². The molecule has 0 aliphatic carbocycles. The predicted octanol–water partition coefficient (Wildman–Crippen LogP) is 0.0644. The number of aliphatic hydroxyl groups is 3. The lowest BCUT2D eigenvalue weighted by Gasteiger charge is -2.39. The number of halogens is 7. The summed E-state index contributed by atoms with van der Waals surface area (Å²) < 4.78 is 95.0. The first kappa shape index (κ1) is 26.2. The number of carbonyl (C=O) groups is 2. The highest BCUT2D eigenvalue weighted by Crippen LogP contribution is 2.46. The van der Waals surface area contributed by atoms with Gasteiger partial charge >= 0.3 is 24.0 Å². The monoisotopic (exact) mass is 470 g/mol. The van der Waals surface area contributed by atoms with Gasteiger partial charge in [0.25, 0.3) is 5.91 Å². The van der Waals surface area contributed by atoms with Crippen molar-refractivity contribution in [1.29, 1.82) is 0 Å². The number of hydrogen-bond acceptors (Lipinski definition) is 7. The van der Waals surface area contributed by atoms with Gasteiger partial charge in [-0.2, -0.15) is 30.7 Å². The Labute approximate surface area is 166 Å². The third-order valence-electron chi connectivity index (χ3n) is 3.95. The first-order chi connectivity index (χ1) is 14.0. The van der Waals surface area contributed by atoms with Crippen LogP contribution in [0.1, 0.15) is 0 Å². The topological polar surface area (TPSA) is 185 Å². The van der Waals surface area contributed by atoms with Crippen molar-refractivity contribution in [3.05, 3.63) is 22.3 Å². The van der Waals surface area contributed by atoms with Crippen molar-refractivity contribution in [3.63, 3.8) is 0 Å². The highest BCUT2D eigenvalue weighted by molar-refractivity contribution is 5.86. The number of aliphatic carboxylic acids is 1. The average molecular weight is 470 g/mol. The van der Waals surface area contributed by atoms with Gasteiger partial charge in [0.05, 0.1) is 18.7 Å².